The minimum atomic E-state index is -5.00. The molecule has 7 nitrogen and oxygen atoms in total. The first kappa shape index (κ1) is 27.1. The van der Waals surface area contributed by atoms with E-state index in [1.165, 1.54) is 12.1 Å². The number of nitrogens with one attached hydrogen (secondary N) is 1. The molecule has 2 saturated heterocycles. The first-order valence-corrected chi connectivity index (χ1v) is 13.8. The van der Waals surface area contributed by atoms with E-state index in [0.29, 0.717) is 12.0 Å². The minimum absolute atomic E-state index is 0.185. The number of likely N-dealkylation sites (tertiary alicyclic amines) is 1. The second kappa shape index (κ2) is 8.94. The molecule has 1 amide bonds. The Bertz CT molecular complexity index is 1350. The maximum absolute atomic E-state index is 14.2. The largest absolute Gasteiger partial charge is 0.508 e. The zero-order valence-corrected chi connectivity index (χ0v) is 22.8. The molecule has 1 aromatic carbocycles. The van der Waals surface area contributed by atoms with Crippen LogP contribution in [-0.2, 0) is 19.1 Å². The van der Waals surface area contributed by atoms with E-state index in [4.69, 9.17) is 9.47 Å². The van der Waals surface area contributed by atoms with Crippen molar-refractivity contribution in [1.82, 2.24) is 5.32 Å². The van der Waals surface area contributed by atoms with Crippen LogP contribution >= 0.6 is 0 Å². The molecule has 2 heterocycles. The van der Waals surface area contributed by atoms with Gasteiger partial charge in [-0.3, -0.25) is 9.59 Å². The Hall–Kier alpha value is -3.11. The number of aliphatic hydroxyl groups excluding tert-OH is 1. The number of esters is 1. The van der Waals surface area contributed by atoms with E-state index in [1.807, 2.05) is 0 Å². The molecular weight excluding hydrogens is 525 g/mol. The number of alkyl halides is 3. The van der Waals surface area contributed by atoms with E-state index < -0.39 is 40.9 Å². The summed E-state index contributed by atoms with van der Waals surface area (Å²) in [7, 11) is 4.40. The highest BCUT2D eigenvalue weighted by Crippen LogP contribution is 2.67. The predicted octanol–water partition coefficient (Wildman–Crippen LogP) is 4.57. The van der Waals surface area contributed by atoms with Crippen molar-refractivity contribution in [2.75, 3.05) is 20.6 Å². The van der Waals surface area contributed by atoms with Crippen molar-refractivity contribution >= 4 is 18.0 Å². The lowest BCUT2D eigenvalue weighted by Gasteiger charge is -2.60. The van der Waals surface area contributed by atoms with E-state index in [0.717, 1.165) is 61.4 Å². The van der Waals surface area contributed by atoms with Crippen LogP contribution in [0.3, 0.4) is 0 Å². The molecule has 1 aromatic rings. The van der Waals surface area contributed by atoms with Crippen LogP contribution in [0.4, 0.5) is 13.2 Å². The summed E-state index contributed by atoms with van der Waals surface area (Å²) in [6, 6.07) is 7.95. The van der Waals surface area contributed by atoms with E-state index >= 15 is 0 Å². The Balaban J connectivity index is 1.47. The van der Waals surface area contributed by atoms with Crippen LogP contribution in [0.5, 0.6) is 0 Å². The second-order valence-electron chi connectivity index (χ2n) is 12.3. The molecule has 5 aliphatic rings. The number of amides is 1. The van der Waals surface area contributed by atoms with Gasteiger partial charge < -0.3 is 24.4 Å². The van der Waals surface area contributed by atoms with Crippen LogP contribution in [0.1, 0.15) is 44.6 Å². The smallest absolute Gasteiger partial charge is 0.421 e. The van der Waals surface area contributed by atoms with Crippen LogP contribution in [-0.4, -0.2) is 72.3 Å². The number of rotatable bonds is 4. The Kier molecular flexibility index (Phi) is 6.06. The molecular formula is C30H34F3N2O5+. The average molecular weight is 560 g/mol. The van der Waals surface area contributed by atoms with E-state index in [-0.39, 0.29) is 29.4 Å². The fraction of sp³-hybridized carbons (Fsp3) is 0.533. The monoisotopic (exact) mass is 559 g/mol. The Morgan fingerprint density at radius 2 is 1.93 bits per heavy atom. The average Bonchev–Trinajstić information content (AvgIpc) is 3.21. The van der Waals surface area contributed by atoms with Crippen LogP contribution in [0.2, 0.25) is 0 Å². The molecule has 40 heavy (non-hydrogen) atoms. The standard InChI is InChI=1S/C30H33F3N2O5/c1-17(36)40-29(34-27(38)21(30(31,32)33)14-18-8-5-4-6-9-18)16-23(37)19-15-22-20-10-7-11-24-28(20,12-13-35(22,2)3)25(19)26(29)39-24/h4-6,8-9,14,16,20,22,24,26H,7,10-13,15H2,1-3H3,(H-,34,37,38)/p+1/t20-,22+,24-,26?,28+,29?/m0/s1. The van der Waals surface area contributed by atoms with Gasteiger partial charge in [0, 0.05) is 42.7 Å². The number of carbonyl (C=O) groups excluding carboxylic acids is 2. The number of nitrogens with zero attached hydrogens (tertiary/aromatic N) is 1. The summed E-state index contributed by atoms with van der Waals surface area (Å²) in [5.74, 6) is -2.24. The second-order valence-corrected chi connectivity index (χ2v) is 12.3. The van der Waals surface area contributed by atoms with Gasteiger partial charge in [-0.05, 0) is 30.1 Å². The van der Waals surface area contributed by atoms with Gasteiger partial charge in [0.2, 0.25) is 5.72 Å². The van der Waals surface area contributed by atoms with Gasteiger partial charge in [0.15, 0.2) is 0 Å². The van der Waals surface area contributed by atoms with Crippen molar-refractivity contribution in [1.29, 1.82) is 0 Å². The molecule has 2 aliphatic heterocycles. The third-order valence-corrected chi connectivity index (χ3v) is 9.82. The van der Waals surface area contributed by atoms with E-state index in [1.54, 1.807) is 18.2 Å². The number of hydrogen-bond donors (Lipinski definition) is 2. The Morgan fingerprint density at radius 3 is 2.60 bits per heavy atom. The van der Waals surface area contributed by atoms with Crippen molar-refractivity contribution < 1.29 is 41.8 Å². The molecule has 6 atom stereocenters. The van der Waals surface area contributed by atoms with Gasteiger partial charge in [-0.2, -0.15) is 13.2 Å². The number of aliphatic hydroxyl groups is 1. The lowest BCUT2D eigenvalue weighted by Crippen LogP contribution is -2.68. The van der Waals surface area contributed by atoms with Crippen LogP contribution in [0, 0.1) is 11.3 Å². The number of ether oxygens (including phenoxy) is 2. The first-order valence-electron chi connectivity index (χ1n) is 13.8. The van der Waals surface area contributed by atoms with Crippen molar-refractivity contribution in [2.24, 2.45) is 11.3 Å². The van der Waals surface area contributed by atoms with Gasteiger partial charge in [-0.1, -0.05) is 36.8 Å². The number of allylic oxidation sites excluding steroid dienone is 1. The summed E-state index contributed by atoms with van der Waals surface area (Å²) < 4.78 is 55.7. The number of halogens is 3. The minimum Gasteiger partial charge on any atom is -0.508 e. The molecule has 0 radical (unpaired) electrons. The molecule has 0 aromatic heterocycles. The summed E-state index contributed by atoms with van der Waals surface area (Å²) in [4.78, 5) is 25.9. The van der Waals surface area contributed by atoms with Gasteiger partial charge in [0.25, 0.3) is 5.91 Å². The molecule has 2 unspecified atom stereocenters. The van der Waals surface area contributed by atoms with Crippen molar-refractivity contribution in [3.05, 3.63) is 64.4 Å². The zero-order chi connectivity index (χ0) is 28.7. The van der Waals surface area contributed by atoms with Gasteiger partial charge in [-0.25, -0.2) is 0 Å². The number of quaternary nitrogens is 1. The molecule has 3 aliphatic carbocycles. The maximum Gasteiger partial charge on any atom is 0.421 e. The van der Waals surface area contributed by atoms with Crippen molar-refractivity contribution in [3.8, 4) is 0 Å². The third-order valence-electron chi connectivity index (χ3n) is 9.82. The fourth-order valence-corrected chi connectivity index (χ4v) is 8.22. The van der Waals surface area contributed by atoms with Crippen LogP contribution < -0.4 is 5.32 Å². The summed E-state index contributed by atoms with van der Waals surface area (Å²) in [5, 5.41) is 13.8. The third kappa shape index (κ3) is 3.94. The highest BCUT2D eigenvalue weighted by atomic mass is 19.4. The van der Waals surface area contributed by atoms with Crippen molar-refractivity contribution in [2.45, 2.75) is 69.2 Å². The molecule has 6 rings (SSSR count). The normalized spacial score (nSPS) is 36.0. The molecule has 2 bridgehead atoms. The fourth-order valence-electron chi connectivity index (χ4n) is 8.22. The maximum atomic E-state index is 14.2. The van der Waals surface area contributed by atoms with Crippen LogP contribution in [0.25, 0.3) is 6.08 Å². The quantitative estimate of drug-likeness (QED) is 0.245. The van der Waals surface area contributed by atoms with Gasteiger partial charge >= 0.3 is 12.1 Å². The summed E-state index contributed by atoms with van der Waals surface area (Å²) >= 11 is 0. The topological polar surface area (TPSA) is 84.9 Å². The molecule has 2 N–H and O–H groups in total. The van der Waals surface area contributed by atoms with Gasteiger partial charge in [0.1, 0.15) is 17.4 Å². The Labute approximate surface area is 230 Å². The number of hydrogen-bond acceptors (Lipinski definition) is 5. The molecule has 1 saturated carbocycles. The molecule has 1 spiro atoms. The molecule has 214 valence electrons. The van der Waals surface area contributed by atoms with Crippen LogP contribution in [0.15, 0.2) is 58.9 Å². The van der Waals surface area contributed by atoms with Gasteiger partial charge in [-0.15, -0.1) is 0 Å². The van der Waals surface area contributed by atoms with Crippen molar-refractivity contribution in [3.63, 3.8) is 0 Å². The SMILES string of the molecule is CC(=O)OC1(NC(=O)C(=Cc2ccccc2)C(F)(F)F)C=C(O)C2=C3C1O[C@H]1CCC[C@H]4[C@@H](C2)[N+](C)(C)CC[C@]314. The summed E-state index contributed by atoms with van der Waals surface area (Å²) in [5.41, 5.74) is -2.36. The molecule has 10 heteroatoms. The predicted molar refractivity (Wildman–Crippen MR) is 139 cm³/mol. The summed E-state index contributed by atoms with van der Waals surface area (Å²) in [6.07, 6.45) is -0.359. The van der Waals surface area contributed by atoms with E-state index in [9.17, 15) is 27.9 Å². The lowest BCUT2D eigenvalue weighted by molar-refractivity contribution is -0.928. The first-order chi connectivity index (χ1) is 18.8. The number of piperidine rings is 1. The van der Waals surface area contributed by atoms with Gasteiger partial charge in [0.05, 0.1) is 32.8 Å². The van der Waals surface area contributed by atoms with E-state index in [2.05, 4.69) is 19.4 Å². The number of carbonyl (C=O) groups is 2. The lowest BCUT2D eigenvalue weighted by atomic mass is 9.50. The highest BCUT2D eigenvalue weighted by Gasteiger charge is 2.72. The molecule has 3 fully saturated rings. The zero-order valence-electron chi connectivity index (χ0n) is 22.8. The Morgan fingerprint density at radius 1 is 1.20 bits per heavy atom. The summed E-state index contributed by atoms with van der Waals surface area (Å²) in [6.45, 7) is 1.99. The highest BCUT2D eigenvalue weighted by molar-refractivity contribution is 6.00. The number of benzene rings is 1.